The Morgan fingerprint density at radius 3 is 2.96 bits per heavy atom. The first kappa shape index (κ1) is 18.0. The average molecular weight is 382 g/mol. The van der Waals surface area contributed by atoms with Gasteiger partial charge in [-0.2, -0.15) is 0 Å². The predicted molar refractivity (Wildman–Crippen MR) is 106 cm³/mol. The standard InChI is InChI=1S/C21H22N2O3S/c24-11-10-22-13-18-14-23-21(27-18)25-17-7-9-20-16(12-17)6-8-19(26-20)15-4-2-1-3-5-15/h1-5,7,9,12,14,19,22,24H,6,8,10-11,13H2/t19-/m0/s1. The highest BCUT2D eigenvalue weighted by atomic mass is 32.1. The first-order chi connectivity index (χ1) is 13.3. The minimum Gasteiger partial charge on any atom is -0.485 e. The van der Waals surface area contributed by atoms with Crippen molar-refractivity contribution < 1.29 is 14.6 Å². The van der Waals surface area contributed by atoms with Gasteiger partial charge in [-0.3, -0.25) is 0 Å². The van der Waals surface area contributed by atoms with Crippen LogP contribution in [0.3, 0.4) is 0 Å². The molecular weight excluding hydrogens is 360 g/mol. The summed E-state index contributed by atoms with van der Waals surface area (Å²) >= 11 is 1.50. The molecule has 0 fully saturated rings. The van der Waals surface area contributed by atoms with Gasteiger partial charge in [-0.1, -0.05) is 41.7 Å². The summed E-state index contributed by atoms with van der Waals surface area (Å²) in [5, 5.41) is 12.6. The summed E-state index contributed by atoms with van der Waals surface area (Å²) in [7, 11) is 0. The number of fused-ring (bicyclic) bond motifs is 1. The van der Waals surface area contributed by atoms with Crippen LogP contribution in [0.25, 0.3) is 0 Å². The summed E-state index contributed by atoms with van der Waals surface area (Å²) in [6.07, 6.45) is 3.83. The van der Waals surface area contributed by atoms with Crippen LogP contribution < -0.4 is 14.8 Å². The Balaban J connectivity index is 1.41. The van der Waals surface area contributed by atoms with Gasteiger partial charge in [-0.25, -0.2) is 4.98 Å². The van der Waals surface area contributed by atoms with Crippen molar-refractivity contribution in [3.8, 4) is 16.7 Å². The first-order valence-electron chi connectivity index (χ1n) is 9.10. The van der Waals surface area contributed by atoms with Gasteiger partial charge in [0.05, 0.1) is 6.61 Å². The number of nitrogens with one attached hydrogen (secondary N) is 1. The molecule has 5 nitrogen and oxygen atoms in total. The zero-order chi connectivity index (χ0) is 18.5. The molecule has 0 spiro atoms. The zero-order valence-electron chi connectivity index (χ0n) is 14.9. The molecule has 2 N–H and O–H groups in total. The molecule has 27 heavy (non-hydrogen) atoms. The molecule has 0 bridgehead atoms. The highest BCUT2D eigenvalue weighted by Crippen LogP contribution is 2.37. The van der Waals surface area contributed by atoms with E-state index < -0.39 is 0 Å². The van der Waals surface area contributed by atoms with Gasteiger partial charge in [0, 0.05) is 24.2 Å². The molecule has 0 aliphatic carbocycles. The number of aryl methyl sites for hydroxylation is 1. The van der Waals surface area contributed by atoms with Gasteiger partial charge in [-0.05, 0) is 42.2 Å². The van der Waals surface area contributed by atoms with E-state index in [9.17, 15) is 0 Å². The molecule has 4 rings (SSSR count). The summed E-state index contributed by atoms with van der Waals surface area (Å²) in [6, 6.07) is 16.3. The van der Waals surface area contributed by atoms with Crippen LogP contribution in [0.4, 0.5) is 0 Å². The molecule has 2 aromatic carbocycles. The normalized spacial score (nSPS) is 15.8. The largest absolute Gasteiger partial charge is 0.485 e. The third-order valence-electron chi connectivity index (χ3n) is 4.47. The maximum absolute atomic E-state index is 8.81. The van der Waals surface area contributed by atoms with Gasteiger partial charge >= 0.3 is 0 Å². The summed E-state index contributed by atoms with van der Waals surface area (Å²) in [4.78, 5) is 5.39. The van der Waals surface area contributed by atoms with Crippen molar-refractivity contribution in [2.45, 2.75) is 25.5 Å². The van der Waals surface area contributed by atoms with E-state index in [1.165, 1.54) is 22.5 Å². The Morgan fingerprint density at radius 1 is 1.22 bits per heavy atom. The quantitative estimate of drug-likeness (QED) is 0.603. The lowest BCUT2D eigenvalue weighted by Crippen LogP contribution is -2.16. The van der Waals surface area contributed by atoms with Crippen LogP contribution in [0, 0.1) is 0 Å². The molecule has 0 amide bonds. The second-order valence-electron chi connectivity index (χ2n) is 6.42. The van der Waals surface area contributed by atoms with E-state index in [1.807, 2.05) is 36.4 Å². The number of aliphatic hydroxyl groups is 1. The molecule has 6 heteroatoms. The topological polar surface area (TPSA) is 63.6 Å². The fraction of sp³-hybridized carbons (Fsp3) is 0.286. The van der Waals surface area contributed by atoms with Crippen LogP contribution in [-0.4, -0.2) is 23.2 Å². The van der Waals surface area contributed by atoms with Gasteiger partial charge < -0.3 is 19.9 Å². The lowest BCUT2D eigenvalue weighted by atomic mass is 9.97. The zero-order valence-corrected chi connectivity index (χ0v) is 15.7. The maximum Gasteiger partial charge on any atom is 0.278 e. The Morgan fingerprint density at radius 2 is 2.11 bits per heavy atom. The third-order valence-corrected chi connectivity index (χ3v) is 5.35. The van der Waals surface area contributed by atoms with Gasteiger partial charge in [0.1, 0.15) is 17.6 Å². The highest BCUT2D eigenvalue weighted by Gasteiger charge is 2.21. The predicted octanol–water partition coefficient (Wildman–Crippen LogP) is 4.08. The number of hydrogen-bond acceptors (Lipinski definition) is 6. The monoisotopic (exact) mass is 382 g/mol. The second kappa shape index (κ2) is 8.52. The van der Waals surface area contributed by atoms with Crippen molar-refractivity contribution in [2.24, 2.45) is 0 Å². The van der Waals surface area contributed by atoms with Crippen LogP contribution >= 0.6 is 11.3 Å². The molecule has 2 heterocycles. The highest BCUT2D eigenvalue weighted by molar-refractivity contribution is 7.13. The van der Waals surface area contributed by atoms with Crippen LogP contribution in [-0.2, 0) is 13.0 Å². The van der Waals surface area contributed by atoms with Crippen molar-refractivity contribution in [3.05, 3.63) is 70.7 Å². The molecule has 1 aliphatic rings. The number of ether oxygens (including phenoxy) is 2. The third kappa shape index (κ3) is 4.47. The molecule has 0 unspecified atom stereocenters. The lowest BCUT2D eigenvalue weighted by molar-refractivity contribution is 0.176. The van der Waals surface area contributed by atoms with Crippen LogP contribution in [0.5, 0.6) is 16.7 Å². The molecule has 3 aromatic rings. The minimum absolute atomic E-state index is 0.110. The first-order valence-corrected chi connectivity index (χ1v) is 9.92. The van der Waals surface area contributed by atoms with Gasteiger partial charge in [0.25, 0.3) is 5.19 Å². The Bertz CT molecular complexity index is 882. The van der Waals surface area contributed by atoms with E-state index >= 15 is 0 Å². The molecule has 140 valence electrons. The summed E-state index contributed by atoms with van der Waals surface area (Å²) in [6.45, 7) is 1.38. The smallest absolute Gasteiger partial charge is 0.278 e. The second-order valence-corrected chi connectivity index (χ2v) is 7.50. The lowest BCUT2D eigenvalue weighted by Gasteiger charge is -2.26. The number of thiazole rings is 1. The molecule has 1 aliphatic heterocycles. The SMILES string of the molecule is OCCNCc1cnc(Oc2ccc3c(c2)CC[C@@H](c2ccccc2)O3)s1. The number of benzene rings is 2. The molecule has 1 aromatic heterocycles. The average Bonchev–Trinajstić information content (AvgIpc) is 3.15. The van der Waals surface area contributed by atoms with Gasteiger partial charge in [0.15, 0.2) is 0 Å². The molecule has 0 radical (unpaired) electrons. The van der Waals surface area contributed by atoms with Crippen molar-refractivity contribution in [3.63, 3.8) is 0 Å². The molecule has 0 saturated heterocycles. The molecule has 0 saturated carbocycles. The van der Waals surface area contributed by atoms with Crippen molar-refractivity contribution >= 4 is 11.3 Å². The van der Waals surface area contributed by atoms with Crippen LogP contribution in [0.2, 0.25) is 0 Å². The summed E-state index contributed by atoms with van der Waals surface area (Å²) < 4.78 is 12.1. The van der Waals surface area contributed by atoms with Gasteiger partial charge in [-0.15, -0.1) is 0 Å². The van der Waals surface area contributed by atoms with Crippen LogP contribution in [0.15, 0.2) is 54.7 Å². The van der Waals surface area contributed by atoms with E-state index in [0.29, 0.717) is 18.3 Å². The van der Waals surface area contributed by atoms with E-state index in [1.54, 1.807) is 6.20 Å². The van der Waals surface area contributed by atoms with Gasteiger partial charge in [0.2, 0.25) is 0 Å². The summed E-state index contributed by atoms with van der Waals surface area (Å²) in [5.41, 5.74) is 2.38. The Kier molecular flexibility index (Phi) is 5.67. The van der Waals surface area contributed by atoms with Crippen molar-refractivity contribution in [1.29, 1.82) is 0 Å². The van der Waals surface area contributed by atoms with E-state index in [2.05, 4.69) is 22.4 Å². The molecule has 1 atom stereocenters. The number of nitrogens with zero attached hydrogens (tertiary/aromatic N) is 1. The fourth-order valence-corrected chi connectivity index (χ4v) is 3.89. The number of aliphatic hydroxyl groups excluding tert-OH is 1. The minimum atomic E-state index is 0.110. The van der Waals surface area contributed by atoms with Crippen molar-refractivity contribution in [2.75, 3.05) is 13.2 Å². The fourth-order valence-electron chi connectivity index (χ4n) is 3.14. The number of hydrogen-bond donors (Lipinski definition) is 2. The maximum atomic E-state index is 8.81. The summed E-state index contributed by atoms with van der Waals surface area (Å²) in [5.74, 6) is 1.70. The van der Waals surface area contributed by atoms with Crippen molar-refractivity contribution in [1.82, 2.24) is 10.3 Å². The van der Waals surface area contributed by atoms with E-state index in [0.717, 1.165) is 29.2 Å². The number of rotatable bonds is 7. The van der Waals surface area contributed by atoms with E-state index in [4.69, 9.17) is 14.6 Å². The molecular formula is C21H22N2O3S. The van der Waals surface area contributed by atoms with E-state index in [-0.39, 0.29) is 12.7 Å². The Labute approximate surface area is 162 Å². The van der Waals surface area contributed by atoms with Crippen LogP contribution in [0.1, 0.15) is 28.5 Å². The number of aromatic nitrogens is 1. The Hall–Kier alpha value is -2.41.